The predicted molar refractivity (Wildman–Crippen MR) is 84.2 cm³/mol. The van der Waals surface area contributed by atoms with Gasteiger partial charge in [0, 0.05) is 37.9 Å². The van der Waals surface area contributed by atoms with Crippen molar-refractivity contribution in [2.24, 2.45) is 0 Å². The molecule has 0 N–H and O–H groups in total. The quantitative estimate of drug-likeness (QED) is 0.577. The molecular formula is C15H23N3Si. The van der Waals surface area contributed by atoms with Crippen molar-refractivity contribution >= 4 is 13.8 Å². The highest BCUT2D eigenvalue weighted by Crippen LogP contribution is 2.16. The van der Waals surface area contributed by atoms with E-state index in [1.165, 1.54) is 5.69 Å². The SMILES string of the molecule is CN1CCN(c2cncc(C#C[Si](C)(C)C)c2)CC1. The Balaban J connectivity index is 2.13. The Morgan fingerprint density at radius 2 is 1.79 bits per heavy atom. The number of hydrogen-bond acceptors (Lipinski definition) is 3. The lowest BCUT2D eigenvalue weighted by molar-refractivity contribution is 0.313. The molecule has 0 radical (unpaired) electrons. The fourth-order valence-corrected chi connectivity index (χ4v) is 2.51. The van der Waals surface area contributed by atoms with Crippen LogP contribution in [-0.4, -0.2) is 51.2 Å². The maximum atomic E-state index is 4.34. The Morgan fingerprint density at radius 1 is 1.11 bits per heavy atom. The summed E-state index contributed by atoms with van der Waals surface area (Å²) >= 11 is 0. The normalized spacial score (nSPS) is 16.9. The Kier molecular flexibility index (Phi) is 4.28. The minimum Gasteiger partial charge on any atom is -0.368 e. The number of rotatable bonds is 1. The van der Waals surface area contributed by atoms with E-state index in [2.05, 4.69) is 59.0 Å². The summed E-state index contributed by atoms with van der Waals surface area (Å²) in [6, 6.07) is 2.17. The van der Waals surface area contributed by atoms with Crippen molar-refractivity contribution in [2.75, 3.05) is 38.1 Å². The molecule has 1 aromatic rings. The molecule has 0 saturated carbocycles. The first kappa shape index (κ1) is 14.1. The summed E-state index contributed by atoms with van der Waals surface area (Å²) in [5, 5.41) is 0. The summed E-state index contributed by atoms with van der Waals surface area (Å²) in [6.45, 7) is 11.2. The van der Waals surface area contributed by atoms with Crippen LogP contribution < -0.4 is 4.90 Å². The highest BCUT2D eigenvalue weighted by molar-refractivity contribution is 6.83. The first-order valence-corrected chi connectivity index (χ1v) is 10.4. The van der Waals surface area contributed by atoms with Crippen LogP contribution in [0.1, 0.15) is 5.56 Å². The first-order chi connectivity index (χ1) is 8.94. The predicted octanol–water partition coefficient (Wildman–Crippen LogP) is 2.06. The Morgan fingerprint density at radius 3 is 2.42 bits per heavy atom. The van der Waals surface area contributed by atoms with Gasteiger partial charge in [-0.1, -0.05) is 25.6 Å². The standard InChI is InChI=1S/C15H23N3Si/c1-17-6-8-18(9-7-17)15-11-14(12-16-13-15)5-10-19(2,3)4/h11-13H,6-9H2,1-4H3. The van der Waals surface area contributed by atoms with Crippen LogP contribution in [0.15, 0.2) is 18.5 Å². The molecule has 0 unspecified atom stereocenters. The van der Waals surface area contributed by atoms with Gasteiger partial charge >= 0.3 is 0 Å². The summed E-state index contributed by atoms with van der Waals surface area (Å²) in [4.78, 5) is 9.09. The molecule has 102 valence electrons. The molecule has 2 rings (SSSR count). The second kappa shape index (κ2) is 5.77. The number of nitrogens with zero attached hydrogens (tertiary/aromatic N) is 3. The van der Waals surface area contributed by atoms with E-state index in [0.717, 1.165) is 31.7 Å². The molecule has 2 heterocycles. The van der Waals surface area contributed by atoms with E-state index >= 15 is 0 Å². The van der Waals surface area contributed by atoms with Crippen molar-refractivity contribution < 1.29 is 0 Å². The van der Waals surface area contributed by atoms with Crippen LogP contribution in [0.3, 0.4) is 0 Å². The molecule has 0 bridgehead atoms. The third kappa shape index (κ3) is 4.37. The van der Waals surface area contributed by atoms with Gasteiger partial charge in [0.15, 0.2) is 0 Å². The largest absolute Gasteiger partial charge is 0.368 e. The van der Waals surface area contributed by atoms with Crippen molar-refractivity contribution in [3.05, 3.63) is 24.0 Å². The molecule has 0 aliphatic carbocycles. The number of likely N-dealkylation sites (N-methyl/N-ethyl adjacent to an activating group) is 1. The van der Waals surface area contributed by atoms with Crippen molar-refractivity contribution in [3.8, 4) is 11.5 Å². The molecule has 1 fully saturated rings. The van der Waals surface area contributed by atoms with Gasteiger partial charge in [-0.05, 0) is 13.1 Å². The number of pyridine rings is 1. The maximum Gasteiger partial charge on any atom is 0.129 e. The summed E-state index contributed by atoms with van der Waals surface area (Å²) in [7, 11) is 0.857. The molecular weight excluding hydrogens is 250 g/mol. The Bertz CT molecular complexity index is 488. The topological polar surface area (TPSA) is 19.4 Å². The zero-order chi connectivity index (χ0) is 13.9. The molecule has 1 saturated heterocycles. The highest BCUT2D eigenvalue weighted by atomic mass is 28.3. The van der Waals surface area contributed by atoms with Crippen LogP contribution in [0.4, 0.5) is 5.69 Å². The Hall–Kier alpha value is -1.31. The molecule has 0 atom stereocenters. The number of hydrogen-bond donors (Lipinski definition) is 0. The van der Waals surface area contributed by atoms with E-state index < -0.39 is 8.07 Å². The Labute approximate surface area is 117 Å². The van der Waals surface area contributed by atoms with E-state index in [1.807, 2.05) is 12.4 Å². The van der Waals surface area contributed by atoms with E-state index in [0.29, 0.717) is 0 Å². The average Bonchev–Trinajstić information content (AvgIpc) is 2.37. The van der Waals surface area contributed by atoms with Gasteiger partial charge in [-0.15, -0.1) is 5.54 Å². The minimum atomic E-state index is -1.32. The van der Waals surface area contributed by atoms with Gasteiger partial charge in [0.1, 0.15) is 8.07 Å². The number of piperazine rings is 1. The van der Waals surface area contributed by atoms with Crippen molar-refractivity contribution in [2.45, 2.75) is 19.6 Å². The van der Waals surface area contributed by atoms with E-state index in [1.54, 1.807) is 0 Å². The third-order valence-electron chi connectivity index (χ3n) is 3.17. The van der Waals surface area contributed by atoms with Crippen molar-refractivity contribution in [3.63, 3.8) is 0 Å². The second-order valence-corrected chi connectivity index (χ2v) is 11.0. The van der Waals surface area contributed by atoms with Gasteiger partial charge in [-0.3, -0.25) is 4.98 Å². The van der Waals surface area contributed by atoms with Crippen LogP contribution >= 0.6 is 0 Å². The van der Waals surface area contributed by atoms with Gasteiger partial charge in [0.2, 0.25) is 0 Å². The van der Waals surface area contributed by atoms with Crippen LogP contribution in [0, 0.1) is 11.5 Å². The van der Waals surface area contributed by atoms with Crippen LogP contribution in [0.5, 0.6) is 0 Å². The van der Waals surface area contributed by atoms with Gasteiger partial charge in [0.05, 0.1) is 11.9 Å². The lowest BCUT2D eigenvalue weighted by Crippen LogP contribution is -2.44. The van der Waals surface area contributed by atoms with Gasteiger partial charge in [0.25, 0.3) is 0 Å². The third-order valence-corrected chi connectivity index (χ3v) is 4.05. The second-order valence-electron chi connectivity index (χ2n) is 6.22. The zero-order valence-corrected chi connectivity index (χ0v) is 13.4. The molecule has 1 aromatic heterocycles. The fraction of sp³-hybridized carbons (Fsp3) is 0.533. The monoisotopic (exact) mass is 273 g/mol. The highest BCUT2D eigenvalue weighted by Gasteiger charge is 2.14. The average molecular weight is 273 g/mol. The van der Waals surface area contributed by atoms with Crippen LogP contribution in [0.2, 0.25) is 19.6 Å². The summed E-state index contributed by atoms with van der Waals surface area (Å²) in [5.74, 6) is 3.29. The minimum absolute atomic E-state index is 1.04. The van der Waals surface area contributed by atoms with Crippen molar-refractivity contribution in [1.29, 1.82) is 0 Å². The van der Waals surface area contributed by atoms with Crippen molar-refractivity contribution in [1.82, 2.24) is 9.88 Å². The van der Waals surface area contributed by atoms with E-state index in [-0.39, 0.29) is 0 Å². The molecule has 1 aliphatic rings. The summed E-state index contributed by atoms with van der Waals surface area (Å²) in [5.41, 5.74) is 5.64. The molecule has 4 heteroatoms. The molecule has 0 spiro atoms. The van der Waals surface area contributed by atoms with Crippen LogP contribution in [-0.2, 0) is 0 Å². The van der Waals surface area contributed by atoms with Crippen LogP contribution in [0.25, 0.3) is 0 Å². The summed E-state index contributed by atoms with van der Waals surface area (Å²) in [6.07, 6.45) is 3.82. The maximum absolute atomic E-state index is 4.34. The van der Waals surface area contributed by atoms with E-state index in [4.69, 9.17) is 0 Å². The zero-order valence-electron chi connectivity index (χ0n) is 12.4. The van der Waals surface area contributed by atoms with Gasteiger partial charge in [-0.25, -0.2) is 0 Å². The lowest BCUT2D eigenvalue weighted by Gasteiger charge is -2.33. The molecule has 1 aliphatic heterocycles. The van der Waals surface area contributed by atoms with Gasteiger partial charge < -0.3 is 9.80 Å². The molecule has 0 aromatic carbocycles. The summed E-state index contributed by atoms with van der Waals surface area (Å²) < 4.78 is 0. The molecule has 0 amide bonds. The number of aromatic nitrogens is 1. The molecule has 19 heavy (non-hydrogen) atoms. The number of anilines is 1. The van der Waals surface area contributed by atoms with Gasteiger partial charge in [-0.2, -0.15) is 0 Å². The smallest absolute Gasteiger partial charge is 0.129 e. The molecule has 3 nitrogen and oxygen atoms in total. The van der Waals surface area contributed by atoms with E-state index in [9.17, 15) is 0 Å². The first-order valence-electron chi connectivity index (χ1n) is 6.86. The fourth-order valence-electron chi connectivity index (χ4n) is 1.99. The lowest BCUT2D eigenvalue weighted by atomic mass is 10.2.